The van der Waals surface area contributed by atoms with E-state index in [4.69, 9.17) is 4.74 Å². The van der Waals surface area contributed by atoms with Crippen LogP contribution < -0.4 is 5.32 Å². The molecule has 0 radical (unpaired) electrons. The van der Waals surface area contributed by atoms with Crippen molar-refractivity contribution in [2.24, 2.45) is 0 Å². The molecule has 92 valence electrons. The highest BCUT2D eigenvalue weighted by Crippen LogP contribution is 2.16. The molecule has 0 bridgehead atoms. The molecule has 1 saturated heterocycles. The summed E-state index contributed by atoms with van der Waals surface area (Å²) in [4.78, 5) is 11.8. The molecule has 0 aromatic heterocycles. The standard InChI is InChI=1S/C13H17NO3/c15-12-4-2-1-3-10(12)9-13(16)14-11-5-7-17-8-6-11/h1-4,11,15H,5-9H2,(H,14,16). The lowest BCUT2D eigenvalue weighted by atomic mass is 10.1. The molecule has 0 atom stereocenters. The lowest BCUT2D eigenvalue weighted by Crippen LogP contribution is -2.39. The van der Waals surface area contributed by atoms with E-state index in [1.54, 1.807) is 18.2 Å². The van der Waals surface area contributed by atoms with E-state index < -0.39 is 0 Å². The molecular formula is C13H17NO3. The summed E-state index contributed by atoms with van der Waals surface area (Å²) in [5, 5.41) is 12.5. The van der Waals surface area contributed by atoms with Gasteiger partial charge in [-0.25, -0.2) is 0 Å². The van der Waals surface area contributed by atoms with E-state index in [-0.39, 0.29) is 24.1 Å². The summed E-state index contributed by atoms with van der Waals surface area (Å²) in [5.41, 5.74) is 0.664. The van der Waals surface area contributed by atoms with Gasteiger partial charge in [-0.3, -0.25) is 4.79 Å². The van der Waals surface area contributed by atoms with Crippen LogP contribution in [0.2, 0.25) is 0 Å². The van der Waals surface area contributed by atoms with Gasteiger partial charge in [0.15, 0.2) is 0 Å². The van der Waals surface area contributed by atoms with Gasteiger partial charge in [0.2, 0.25) is 5.91 Å². The molecule has 2 rings (SSSR count). The van der Waals surface area contributed by atoms with Gasteiger partial charge >= 0.3 is 0 Å². The summed E-state index contributed by atoms with van der Waals surface area (Å²) >= 11 is 0. The average Bonchev–Trinajstić information content (AvgIpc) is 2.33. The van der Waals surface area contributed by atoms with Gasteiger partial charge in [0.1, 0.15) is 5.75 Å². The van der Waals surface area contributed by atoms with Crippen LogP contribution in [-0.2, 0) is 16.0 Å². The monoisotopic (exact) mass is 235 g/mol. The molecule has 0 unspecified atom stereocenters. The Balaban J connectivity index is 1.86. The Labute approximate surface area is 101 Å². The van der Waals surface area contributed by atoms with E-state index in [0.29, 0.717) is 18.8 Å². The Morgan fingerprint density at radius 2 is 2.06 bits per heavy atom. The quantitative estimate of drug-likeness (QED) is 0.828. The Bertz CT molecular complexity index is 386. The Kier molecular flexibility index (Phi) is 3.98. The molecule has 1 aliphatic heterocycles. The molecule has 1 aromatic carbocycles. The number of rotatable bonds is 3. The van der Waals surface area contributed by atoms with Crippen LogP contribution in [0.15, 0.2) is 24.3 Å². The third kappa shape index (κ3) is 3.46. The number of phenolic OH excluding ortho intramolecular Hbond substituents is 1. The van der Waals surface area contributed by atoms with Crippen LogP contribution in [0, 0.1) is 0 Å². The van der Waals surface area contributed by atoms with Crippen molar-refractivity contribution < 1.29 is 14.6 Å². The first kappa shape index (κ1) is 11.9. The zero-order valence-corrected chi connectivity index (χ0v) is 9.69. The average molecular weight is 235 g/mol. The Hall–Kier alpha value is -1.55. The second-order valence-electron chi connectivity index (χ2n) is 4.26. The number of ether oxygens (including phenoxy) is 1. The number of carbonyl (C=O) groups is 1. The first-order chi connectivity index (χ1) is 8.25. The maximum absolute atomic E-state index is 11.8. The molecular weight excluding hydrogens is 218 g/mol. The van der Waals surface area contributed by atoms with Crippen LogP contribution in [0.3, 0.4) is 0 Å². The first-order valence-electron chi connectivity index (χ1n) is 5.89. The molecule has 17 heavy (non-hydrogen) atoms. The van der Waals surface area contributed by atoms with Crippen molar-refractivity contribution in [3.05, 3.63) is 29.8 Å². The van der Waals surface area contributed by atoms with Gasteiger partial charge in [0, 0.05) is 24.8 Å². The van der Waals surface area contributed by atoms with Gasteiger partial charge in [0.25, 0.3) is 0 Å². The topological polar surface area (TPSA) is 58.6 Å². The number of para-hydroxylation sites is 1. The van der Waals surface area contributed by atoms with Gasteiger partial charge < -0.3 is 15.2 Å². The Morgan fingerprint density at radius 3 is 2.76 bits per heavy atom. The molecule has 0 spiro atoms. The lowest BCUT2D eigenvalue weighted by molar-refractivity contribution is -0.121. The predicted molar refractivity (Wildman–Crippen MR) is 63.8 cm³/mol. The van der Waals surface area contributed by atoms with Gasteiger partial charge in [-0.2, -0.15) is 0 Å². The second-order valence-corrected chi connectivity index (χ2v) is 4.26. The maximum Gasteiger partial charge on any atom is 0.224 e. The highest BCUT2D eigenvalue weighted by molar-refractivity contribution is 5.79. The molecule has 1 fully saturated rings. The lowest BCUT2D eigenvalue weighted by Gasteiger charge is -2.23. The van der Waals surface area contributed by atoms with Crippen LogP contribution in [-0.4, -0.2) is 30.3 Å². The normalized spacial score (nSPS) is 16.7. The summed E-state index contributed by atoms with van der Waals surface area (Å²) in [6, 6.07) is 7.13. The summed E-state index contributed by atoms with van der Waals surface area (Å²) in [5.74, 6) is 0.132. The number of hydrogen-bond acceptors (Lipinski definition) is 3. The molecule has 4 heteroatoms. The highest BCUT2D eigenvalue weighted by atomic mass is 16.5. The number of amides is 1. The Morgan fingerprint density at radius 1 is 1.35 bits per heavy atom. The zero-order chi connectivity index (χ0) is 12.1. The molecule has 0 saturated carbocycles. The number of phenols is 1. The summed E-state index contributed by atoms with van der Waals surface area (Å²) in [6.45, 7) is 1.42. The smallest absolute Gasteiger partial charge is 0.224 e. The third-order valence-electron chi connectivity index (χ3n) is 2.93. The third-order valence-corrected chi connectivity index (χ3v) is 2.93. The molecule has 0 aliphatic carbocycles. The predicted octanol–water partition coefficient (Wildman–Crippen LogP) is 1.23. The summed E-state index contributed by atoms with van der Waals surface area (Å²) in [6.07, 6.45) is 1.96. The molecule has 2 N–H and O–H groups in total. The van der Waals surface area contributed by atoms with Crippen molar-refractivity contribution in [1.82, 2.24) is 5.32 Å². The van der Waals surface area contributed by atoms with Crippen molar-refractivity contribution in [2.75, 3.05) is 13.2 Å². The van der Waals surface area contributed by atoms with Gasteiger partial charge in [-0.15, -0.1) is 0 Å². The SMILES string of the molecule is O=C(Cc1ccccc1O)NC1CCOCC1. The van der Waals surface area contributed by atoms with Crippen LogP contribution >= 0.6 is 0 Å². The van der Waals surface area contributed by atoms with Crippen LogP contribution in [0.25, 0.3) is 0 Å². The van der Waals surface area contributed by atoms with Crippen molar-refractivity contribution >= 4 is 5.91 Å². The van der Waals surface area contributed by atoms with Crippen molar-refractivity contribution in [2.45, 2.75) is 25.3 Å². The van der Waals surface area contributed by atoms with E-state index in [9.17, 15) is 9.90 Å². The molecule has 1 heterocycles. The second kappa shape index (κ2) is 5.68. The van der Waals surface area contributed by atoms with Crippen molar-refractivity contribution in [3.8, 4) is 5.75 Å². The van der Waals surface area contributed by atoms with Gasteiger partial charge in [0.05, 0.1) is 6.42 Å². The van der Waals surface area contributed by atoms with Crippen LogP contribution in [0.5, 0.6) is 5.75 Å². The van der Waals surface area contributed by atoms with E-state index in [1.165, 1.54) is 0 Å². The molecule has 1 amide bonds. The van der Waals surface area contributed by atoms with Crippen LogP contribution in [0.1, 0.15) is 18.4 Å². The maximum atomic E-state index is 11.8. The van der Waals surface area contributed by atoms with E-state index >= 15 is 0 Å². The number of nitrogens with one attached hydrogen (secondary N) is 1. The number of hydrogen-bond donors (Lipinski definition) is 2. The zero-order valence-electron chi connectivity index (χ0n) is 9.69. The number of aromatic hydroxyl groups is 1. The molecule has 1 aliphatic rings. The number of carbonyl (C=O) groups excluding carboxylic acids is 1. The van der Waals surface area contributed by atoms with E-state index in [2.05, 4.69) is 5.32 Å². The minimum absolute atomic E-state index is 0.0431. The van der Waals surface area contributed by atoms with Gasteiger partial charge in [-0.05, 0) is 18.9 Å². The molecule has 1 aromatic rings. The minimum Gasteiger partial charge on any atom is -0.508 e. The first-order valence-corrected chi connectivity index (χ1v) is 5.89. The summed E-state index contributed by atoms with van der Waals surface area (Å²) < 4.78 is 5.23. The highest BCUT2D eigenvalue weighted by Gasteiger charge is 2.16. The van der Waals surface area contributed by atoms with Crippen LogP contribution in [0.4, 0.5) is 0 Å². The van der Waals surface area contributed by atoms with E-state index in [1.807, 2.05) is 6.07 Å². The minimum atomic E-state index is -0.0431. The van der Waals surface area contributed by atoms with Crippen molar-refractivity contribution in [3.63, 3.8) is 0 Å². The van der Waals surface area contributed by atoms with E-state index in [0.717, 1.165) is 12.8 Å². The fourth-order valence-electron chi connectivity index (χ4n) is 1.95. The number of benzene rings is 1. The fourth-order valence-corrected chi connectivity index (χ4v) is 1.95. The molecule has 4 nitrogen and oxygen atoms in total. The van der Waals surface area contributed by atoms with Crippen molar-refractivity contribution in [1.29, 1.82) is 0 Å². The summed E-state index contributed by atoms with van der Waals surface area (Å²) in [7, 11) is 0. The van der Waals surface area contributed by atoms with Gasteiger partial charge in [-0.1, -0.05) is 18.2 Å². The largest absolute Gasteiger partial charge is 0.508 e. The fraction of sp³-hybridized carbons (Fsp3) is 0.462.